The quantitative estimate of drug-likeness (QED) is 0.859. The fourth-order valence-electron chi connectivity index (χ4n) is 1.39. The molecule has 2 rings (SSSR count). The van der Waals surface area contributed by atoms with Crippen LogP contribution in [0.5, 0.6) is 0 Å². The number of sulfonamides is 1. The SMILES string of the molecule is CNCCS(=O)(=O)Nc1ccc2ncsc2c1. The number of aromatic nitrogens is 1. The van der Waals surface area contributed by atoms with Gasteiger partial charge in [0.05, 0.1) is 27.2 Å². The van der Waals surface area contributed by atoms with Crippen molar-refractivity contribution in [3.63, 3.8) is 0 Å². The van der Waals surface area contributed by atoms with Crippen LogP contribution in [0.4, 0.5) is 5.69 Å². The summed E-state index contributed by atoms with van der Waals surface area (Å²) in [5, 5.41) is 2.81. The van der Waals surface area contributed by atoms with Crippen LogP contribution in [0.3, 0.4) is 0 Å². The smallest absolute Gasteiger partial charge is 0.233 e. The van der Waals surface area contributed by atoms with E-state index in [0.29, 0.717) is 12.2 Å². The summed E-state index contributed by atoms with van der Waals surface area (Å²) in [5.41, 5.74) is 3.20. The Morgan fingerprint density at radius 1 is 1.41 bits per heavy atom. The summed E-state index contributed by atoms with van der Waals surface area (Å²) in [4.78, 5) is 4.14. The summed E-state index contributed by atoms with van der Waals surface area (Å²) in [6, 6.07) is 5.32. The van der Waals surface area contributed by atoms with E-state index in [-0.39, 0.29) is 5.75 Å². The molecular weight excluding hydrogens is 258 g/mol. The highest BCUT2D eigenvalue weighted by molar-refractivity contribution is 7.92. The lowest BCUT2D eigenvalue weighted by Crippen LogP contribution is -2.24. The molecule has 0 amide bonds. The van der Waals surface area contributed by atoms with Gasteiger partial charge >= 0.3 is 0 Å². The van der Waals surface area contributed by atoms with Crippen molar-refractivity contribution in [1.82, 2.24) is 10.3 Å². The van der Waals surface area contributed by atoms with Crippen molar-refractivity contribution in [2.45, 2.75) is 0 Å². The van der Waals surface area contributed by atoms with Crippen molar-refractivity contribution in [2.24, 2.45) is 0 Å². The molecule has 0 saturated carbocycles. The summed E-state index contributed by atoms with van der Waals surface area (Å²) in [7, 11) is -1.56. The van der Waals surface area contributed by atoms with Crippen LogP contribution < -0.4 is 10.0 Å². The standard InChI is InChI=1S/C10H13N3O2S2/c1-11-4-5-17(14,15)13-8-2-3-9-10(6-8)16-7-12-9/h2-3,6-7,11,13H,4-5H2,1H3. The zero-order chi connectivity index (χ0) is 12.3. The molecule has 0 bridgehead atoms. The van der Waals surface area contributed by atoms with Crippen LogP contribution in [0, 0.1) is 0 Å². The summed E-state index contributed by atoms with van der Waals surface area (Å²) < 4.78 is 26.9. The molecule has 1 heterocycles. The molecule has 1 aromatic heterocycles. The first kappa shape index (κ1) is 12.3. The summed E-state index contributed by atoms with van der Waals surface area (Å²) in [5.74, 6) is 0.0597. The molecule has 0 fully saturated rings. The molecule has 0 spiro atoms. The Morgan fingerprint density at radius 3 is 3.00 bits per heavy atom. The van der Waals surface area contributed by atoms with E-state index >= 15 is 0 Å². The minimum atomic E-state index is -3.28. The van der Waals surface area contributed by atoms with Crippen molar-refractivity contribution < 1.29 is 8.42 Å². The van der Waals surface area contributed by atoms with Gasteiger partial charge in [0.2, 0.25) is 10.0 Å². The van der Waals surface area contributed by atoms with Crippen molar-refractivity contribution >= 4 is 37.3 Å². The maximum Gasteiger partial charge on any atom is 0.233 e. The highest BCUT2D eigenvalue weighted by Crippen LogP contribution is 2.22. The highest BCUT2D eigenvalue weighted by Gasteiger charge is 2.10. The number of fused-ring (bicyclic) bond motifs is 1. The van der Waals surface area contributed by atoms with Gasteiger partial charge in [-0.15, -0.1) is 11.3 Å². The number of hydrogen-bond donors (Lipinski definition) is 2. The topological polar surface area (TPSA) is 71.1 Å². The molecule has 17 heavy (non-hydrogen) atoms. The van der Waals surface area contributed by atoms with Gasteiger partial charge < -0.3 is 5.32 Å². The Labute approximate surface area is 104 Å². The van der Waals surface area contributed by atoms with Crippen LogP contribution in [-0.4, -0.2) is 32.7 Å². The van der Waals surface area contributed by atoms with Crippen LogP contribution in [0.15, 0.2) is 23.7 Å². The van der Waals surface area contributed by atoms with Gasteiger partial charge in [-0.3, -0.25) is 4.72 Å². The first-order valence-corrected chi connectivity index (χ1v) is 7.62. The summed E-state index contributed by atoms with van der Waals surface area (Å²) in [6.07, 6.45) is 0. The minimum absolute atomic E-state index is 0.0597. The number of anilines is 1. The number of nitrogens with one attached hydrogen (secondary N) is 2. The average molecular weight is 271 g/mol. The second-order valence-corrected chi connectivity index (χ2v) is 6.29. The van der Waals surface area contributed by atoms with E-state index in [1.54, 1.807) is 24.7 Å². The van der Waals surface area contributed by atoms with Gasteiger partial charge in [-0.05, 0) is 25.2 Å². The molecule has 92 valence electrons. The van der Waals surface area contributed by atoms with E-state index in [0.717, 1.165) is 10.2 Å². The third-order valence-corrected chi connectivity index (χ3v) is 4.31. The average Bonchev–Trinajstić information content (AvgIpc) is 2.73. The molecule has 2 aromatic rings. The van der Waals surface area contributed by atoms with Gasteiger partial charge in [0, 0.05) is 6.54 Å². The van der Waals surface area contributed by atoms with Crippen molar-refractivity contribution in [2.75, 3.05) is 24.1 Å². The van der Waals surface area contributed by atoms with Gasteiger partial charge in [0.15, 0.2) is 0 Å². The number of rotatable bonds is 5. The Bertz CT molecular complexity index is 607. The number of hydrogen-bond acceptors (Lipinski definition) is 5. The molecule has 7 heteroatoms. The molecule has 0 atom stereocenters. The first-order chi connectivity index (χ1) is 8.11. The van der Waals surface area contributed by atoms with Crippen LogP contribution >= 0.6 is 11.3 Å². The zero-order valence-corrected chi connectivity index (χ0v) is 10.9. The molecule has 0 radical (unpaired) electrons. The van der Waals surface area contributed by atoms with Gasteiger partial charge in [0.1, 0.15) is 0 Å². The number of nitrogens with zero attached hydrogens (tertiary/aromatic N) is 1. The number of thiazole rings is 1. The minimum Gasteiger partial charge on any atom is -0.319 e. The summed E-state index contributed by atoms with van der Waals surface area (Å²) >= 11 is 1.49. The largest absolute Gasteiger partial charge is 0.319 e. The zero-order valence-electron chi connectivity index (χ0n) is 9.30. The van der Waals surface area contributed by atoms with E-state index in [4.69, 9.17) is 0 Å². The van der Waals surface area contributed by atoms with Gasteiger partial charge in [-0.25, -0.2) is 13.4 Å². The second kappa shape index (κ2) is 4.99. The molecule has 0 aliphatic heterocycles. The highest BCUT2D eigenvalue weighted by atomic mass is 32.2. The van der Waals surface area contributed by atoms with Crippen molar-refractivity contribution in [1.29, 1.82) is 0 Å². The van der Waals surface area contributed by atoms with Gasteiger partial charge in [-0.1, -0.05) is 0 Å². The van der Waals surface area contributed by atoms with Crippen LogP contribution in [0.1, 0.15) is 0 Å². The Kier molecular flexibility index (Phi) is 3.60. The third kappa shape index (κ3) is 3.15. The normalized spacial score (nSPS) is 11.8. The lowest BCUT2D eigenvalue weighted by atomic mass is 10.3. The molecule has 0 aliphatic carbocycles. The van der Waals surface area contributed by atoms with E-state index in [1.807, 2.05) is 6.07 Å². The fourth-order valence-corrected chi connectivity index (χ4v) is 3.16. The molecule has 5 nitrogen and oxygen atoms in total. The van der Waals surface area contributed by atoms with Crippen LogP contribution in [0.2, 0.25) is 0 Å². The molecule has 1 aromatic carbocycles. The predicted octanol–water partition coefficient (Wildman–Crippen LogP) is 1.26. The maximum atomic E-state index is 11.7. The Hall–Kier alpha value is -1.18. The third-order valence-electron chi connectivity index (χ3n) is 2.23. The van der Waals surface area contributed by atoms with E-state index in [1.165, 1.54) is 11.3 Å². The Balaban J connectivity index is 2.17. The monoisotopic (exact) mass is 271 g/mol. The molecular formula is C10H13N3O2S2. The van der Waals surface area contributed by atoms with Crippen LogP contribution in [-0.2, 0) is 10.0 Å². The number of benzene rings is 1. The molecule has 0 saturated heterocycles. The van der Waals surface area contributed by atoms with E-state index in [9.17, 15) is 8.42 Å². The van der Waals surface area contributed by atoms with Gasteiger partial charge in [-0.2, -0.15) is 0 Å². The predicted molar refractivity (Wildman–Crippen MR) is 71.0 cm³/mol. The maximum absolute atomic E-state index is 11.7. The van der Waals surface area contributed by atoms with Crippen LogP contribution in [0.25, 0.3) is 10.2 Å². The Morgan fingerprint density at radius 2 is 2.24 bits per heavy atom. The van der Waals surface area contributed by atoms with Crippen molar-refractivity contribution in [3.05, 3.63) is 23.7 Å². The molecule has 0 unspecified atom stereocenters. The van der Waals surface area contributed by atoms with E-state index < -0.39 is 10.0 Å². The first-order valence-electron chi connectivity index (χ1n) is 5.09. The second-order valence-electron chi connectivity index (χ2n) is 3.56. The van der Waals surface area contributed by atoms with E-state index in [2.05, 4.69) is 15.0 Å². The fraction of sp³-hybridized carbons (Fsp3) is 0.300. The van der Waals surface area contributed by atoms with Crippen molar-refractivity contribution in [3.8, 4) is 0 Å². The molecule has 2 N–H and O–H groups in total. The molecule has 0 aliphatic rings. The lowest BCUT2D eigenvalue weighted by molar-refractivity contribution is 0.599. The lowest BCUT2D eigenvalue weighted by Gasteiger charge is -2.07. The van der Waals surface area contributed by atoms with Gasteiger partial charge in [0.25, 0.3) is 0 Å². The summed E-state index contributed by atoms with van der Waals surface area (Å²) in [6.45, 7) is 0.429.